The second-order valence-corrected chi connectivity index (χ2v) is 9.66. The van der Waals surface area contributed by atoms with Crippen LogP contribution in [0.5, 0.6) is 0 Å². The molecule has 2 heterocycles. The zero-order valence-corrected chi connectivity index (χ0v) is 14.7. The van der Waals surface area contributed by atoms with Crippen molar-refractivity contribution in [3.63, 3.8) is 0 Å². The van der Waals surface area contributed by atoms with Crippen LogP contribution in [0.3, 0.4) is 0 Å². The van der Waals surface area contributed by atoms with Crippen LogP contribution in [0.1, 0.15) is 13.8 Å². The maximum atomic E-state index is 12.1. The van der Waals surface area contributed by atoms with Gasteiger partial charge in [-0.15, -0.1) is 0 Å². The molecular formula is C12H14Cl2O6Se. The second-order valence-electron chi connectivity index (χ2n) is 3.94. The number of esters is 2. The molecule has 0 atom stereocenters. The zero-order chi connectivity index (χ0) is 15.6. The van der Waals surface area contributed by atoms with Gasteiger partial charge in [-0.2, -0.15) is 0 Å². The molecule has 0 bridgehead atoms. The topological polar surface area (TPSA) is 71.1 Å². The van der Waals surface area contributed by atoms with E-state index in [0.29, 0.717) is 0 Å². The van der Waals surface area contributed by atoms with Crippen molar-refractivity contribution in [2.45, 2.75) is 13.8 Å². The van der Waals surface area contributed by atoms with Crippen molar-refractivity contribution in [3.05, 3.63) is 19.0 Å². The van der Waals surface area contributed by atoms with Crippen molar-refractivity contribution in [1.29, 1.82) is 0 Å². The van der Waals surface area contributed by atoms with Gasteiger partial charge < -0.3 is 0 Å². The summed E-state index contributed by atoms with van der Waals surface area (Å²) in [5.74, 6) is -1.29. The molecule has 0 aliphatic carbocycles. The molecule has 2 rings (SSSR count). The molecule has 0 amide bonds. The molecule has 0 unspecified atom stereocenters. The molecule has 0 saturated heterocycles. The Morgan fingerprint density at radius 2 is 1.38 bits per heavy atom. The van der Waals surface area contributed by atoms with Gasteiger partial charge in [-0.25, -0.2) is 0 Å². The molecule has 6 nitrogen and oxygen atoms in total. The molecule has 0 aromatic carbocycles. The van der Waals surface area contributed by atoms with Crippen molar-refractivity contribution in [1.82, 2.24) is 0 Å². The molecular weight excluding hydrogens is 390 g/mol. The molecule has 9 heteroatoms. The molecule has 0 radical (unpaired) electrons. The van der Waals surface area contributed by atoms with Crippen molar-refractivity contribution >= 4 is 48.6 Å². The van der Waals surface area contributed by atoms with Gasteiger partial charge in [0.25, 0.3) is 0 Å². The molecule has 1 spiro atoms. The van der Waals surface area contributed by atoms with Crippen LogP contribution in [-0.2, 0) is 26.7 Å². The van der Waals surface area contributed by atoms with E-state index in [-0.39, 0.29) is 45.4 Å². The Morgan fingerprint density at radius 3 is 1.71 bits per heavy atom. The number of carbonyl (C=O) groups excluding carboxylic acids is 2. The number of ether oxygens (including phenoxy) is 2. The number of rotatable bonds is 4. The van der Waals surface area contributed by atoms with Gasteiger partial charge in [-0.3, -0.25) is 0 Å². The fourth-order valence-electron chi connectivity index (χ4n) is 1.90. The Kier molecular flexibility index (Phi) is 5.35. The molecule has 0 aromatic heterocycles. The van der Waals surface area contributed by atoms with Gasteiger partial charge in [-0.1, -0.05) is 0 Å². The normalized spacial score (nSPS) is 21.9. The van der Waals surface area contributed by atoms with E-state index >= 15 is 0 Å². The molecule has 0 saturated carbocycles. The summed E-state index contributed by atoms with van der Waals surface area (Å²) < 4.78 is 21.4. The summed E-state index contributed by atoms with van der Waals surface area (Å²) in [5.41, 5.74) is 0. The van der Waals surface area contributed by atoms with Gasteiger partial charge in [0.1, 0.15) is 0 Å². The summed E-state index contributed by atoms with van der Waals surface area (Å²) in [4.78, 5) is 24.3. The molecule has 118 valence electrons. The van der Waals surface area contributed by atoms with Crippen LogP contribution in [0.4, 0.5) is 0 Å². The number of halogens is 2. The number of carbonyl (C=O) groups is 2. The predicted molar refractivity (Wildman–Crippen MR) is 76.7 cm³/mol. The van der Waals surface area contributed by atoms with Gasteiger partial charge in [0.2, 0.25) is 0 Å². The average Bonchev–Trinajstić information content (AvgIpc) is 2.92. The standard InChI is InChI=1S/C12H14Cl2O6Se/c1-3-17-11(15)9-7(13)5-19-21(9)10(8(14)6-20-21)12(16)18-4-2/h3-6H2,1-2H3. The Bertz CT molecular complexity index is 494. The zero-order valence-electron chi connectivity index (χ0n) is 11.4. The first-order valence-electron chi connectivity index (χ1n) is 6.21. The van der Waals surface area contributed by atoms with Crippen LogP contribution in [0.15, 0.2) is 19.0 Å². The number of hydrogen-bond donors (Lipinski definition) is 0. The van der Waals surface area contributed by atoms with Gasteiger partial charge in [0.05, 0.1) is 0 Å². The van der Waals surface area contributed by atoms with Crippen LogP contribution in [-0.4, -0.2) is 51.9 Å². The van der Waals surface area contributed by atoms with Crippen molar-refractivity contribution in [2.24, 2.45) is 0 Å². The van der Waals surface area contributed by atoms with E-state index < -0.39 is 25.4 Å². The first-order chi connectivity index (χ1) is 9.97. The first kappa shape index (κ1) is 16.8. The van der Waals surface area contributed by atoms with Crippen LogP contribution < -0.4 is 0 Å². The minimum atomic E-state index is -3.73. The molecule has 21 heavy (non-hydrogen) atoms. The van der Waals surface area contributed by atoms with Gasteiger partial charge in [0.15, 0.2) is 0 Å². The fraction of sp³-hybridized carbons (Fsp3) is 0.500. The van der Waals surface area contributed by atoms with Crippen LogP contribution in [0.25, 0.3) is 0 Å². The molecule has 0 aromatic rings. The van der Waals surface area contributed by atoms with Gasteiger partial charge in [0, 0.05) is 0 Å². The summed E-state index contributed by atoms with van der Waals surface area (Å²) in [6.07, 6.45) is 0. The fourth-order valence-corrected chi connectivity index (χ4v) is 8.90. The summed E-state index contributed by atoms with van der Waals surface area (Å²) in [7, 11) is 0. The maximum absolute atomic E-state index is 12.1. The van der Waals surface area contributed by atoms with Crippen LogP contribution in [0, 0.1) is 0 Å². The Hall–Kier alpha value is -0.561. The van der Waals surface area contributed by atoms with Crippen molar-refractivity contribution in [3.8, 4) is 0 Å². The summed E-state index contributed by atoms with van der Waals surface area (Å²) in [6.45, 7) is 3.66. The van der Waals surface area contributed by atoms with Crippen LogP contribution in [0.2, 0.25) is 0 Å². The second kappa shape index (κ2) is 6.69. The summed E-state index contributed by atoms with van der Waals surface area (Å²) in [5, 5.41) is 0.364. The third kappa shape index (κ3) is 2.86. The molecule has 2 aliphatic rings. The van der Waals surface area contributed by atoms with E-state index in [1.165, 1.54) is 0 Å². The van der Waals surface area contributed by atoms with Crippen LogP contribution >= 0.6 is 23.2 Å². The molecule has 2 aliphatic heterocycles. The average molecular weight is 404 g/mol. The van der Waals surface area contributed by atoms with E-state index in [9.17, 15) is 9.59 Å². The minimum absolute atomic E-state index is 0.0111. The SMILES string of the molecule is CCOC(=O)C1=C(Cl)CO[Se]12OCC(Cl)=C2C(=O)OCC. The van der Waals surface area contributed by atoms with E-state index in [1.807, 2.05) is 0 Å². The summed E-state index contributed by atoms with van der Waals surface area (Å²) in [6, 6.07) is 0. The monoisotopic (exact) mass is 404 g/mol. The Labute approximate surface area is 134 Å². The van der Waals surface area contributed by atoms with E-state index in [2.05, 4.69) is 0 Å². The van der Waals surface area contributed by atoms with Crippen molar-refractivity contribution in [2.75, 3.05) is 26.4 Å². The van der Waals surface area contributed by atoms with Gasteiger partial charge >= 0.3 is 135 Å². The third-order valence-corrected chi connectivity index (χ3v) is 9.64. The molecule has 0 N–H and O–H groups in total. The Balaban J connectivity index is 2.45. The van der Waals surface area contributed by atoms with Crippen molar-refractivity contribution < 1.29 is 26.7 Å². The van der Waals surface area contributed by atoms with E-state index in [4.69, 9.17) is 40.3 Å². The van der Waals surface area contributed by atoms with E-state index in [0.717, 1.165) is 0 Å². The van der Waals surface area contributed by atoms with Gasteiger partial charge in [-0.05, 0) is 0 Å². The summed E-state index contributed by atoms with van der Waals surface area (Å²) >= 11 is 8.41. The Morgan fingerprint density at radius 1 is 1.00 bits per heavy atom. The molecule has 0 fully saturated rings. The number of hydrogen-bond acceptors (Lipinski definition) is 6. The predicted octanol–water partition coefficient (Wildman–Crippen LogP) is 1.68. The quantitative estimate of drug-likeness (QED) is 0.525. The third-order valence-electron chi connectivity index (χ3n) is 2.66. The van der Waals surface area contributed by atoms with E-state index in [1.54, 1.807) is 13.8 Å². The first-order valence-corrected chi connectivity index (χ1v) is 10.1.